The Bertz CT molecular complexity index is 538. The second-order valence-corrected chi connectivity index (χ2v) is 3.87. The number of nitrogens with two attached hydrogens (primary N) is 1. The number of hydrogen-bond donors (Lipinski definition) is 1. The molecule has 0 amide bonds. The van der Waals surface area contributed by atoms with Crippen molar-refractivity contribution in [2.45, 2.75) is 20.0 Å². The lowest BCUT2D eigenvalue weighted by Crippen LogP contribution is -2.08. The summed E-state index contributed by atoms with van der Waals surface area (Å²) in [5, 5.41) is 8.03. The molecular formula is C11H12ClFN4. The predicted molar refractivity (Wildman–Crippen MR) is 64.0 cm³/mol. The van der Waals surface area contributed by atoms with Gasteiger partial charge in [-0.25, -0.2) is 4.39 Å². The highest BCUT2D eigenvalue weighted by Gasteiger charge is 2.15. The van der Waals surface area contributed by atoms with E-state index in [9.17, 15) is 4.39 Å². The zero-order valence-corrected chi connectivity index (χ0v) is 10.1. The van der Waals surface area contributed by atoms with E-state index in [4.69, 9.17) is 17.3 Å². The fourth-order valence-electron chi connectivity index (χ4n) is 1.69. The smallest absolute Gasteiger partial charge is 0.165 e. The quantitative estimate of drug-likeness (QED) is 0.914. The number of hydrogen-bond acceptors (Lipinski definition) is 3. The highest BCUT2D eigenvalue weighted by atomic mass is 35.5. The van der Waals surface area contributed by atoms with Gasteiger partial charge >= 0.3 is 0 Å². The fraction of sp³-hybridized carbons (Fsp3) is 0.273. The molecule has 0 radical (unpaired) electrons. The van der Waals surface area contributed by atoms with Crippen LogP contribution in [0.3, 0.4) is 0 Å². The molecular weight excluding hydrogens is 243 g/mol. The van der Waals surface area contributed by atoms with E-state index in [1.807, 2.05) is 11.5 Å². The Morgan fingerprint density at radius 1 is 1.41 bits per heavy atom. The van der Waals surface area contributed by atoms with Crippen molar-refractivity contribution in [3.05, 3.63) is 34.9 Å². The van der Waals surface area contributed by atoms with Crippen molar-refractivity contribution in [3.63, 3.8) is 0 Å². The van der Waals surface area contributed by atoms with Gasteiger partial charge in [-0.2, -0.15) is 0 Å². The van der Waals surface area contributed by atoms with E-state index in [2.05, 4.69) is 10.2 Å². The third kappa shape index (κ3) is 2.03. The summed E-state index contributed by atoms with van der Waals surface area (Å²) in [6.07, 6.45) is 0. The van der Waals surface area contributed by atoms with Crippen LogP contribution in [0.4, 0.5) is 4.39 Å². The molecule has 0 aliphatic rings. The van der Waals surface area contributed by atoms with E-state index in [-0.39, 0.29) is 11.6 Å². The van der Waals surface area contributed by atoms with Crippen LogP contribution in [-0.4, -0.2) is 14.8 Å². The molecule has 6 heteroatoms. The van der Waals surface area contributed by atoms with Crippen molar-refractivity contribution >= 4 is 11.6 Å². The van der Waals surface area contributed by atoms with Crippen molar-refractivity contribution in [2.24, 2.45) is 5.73 Å². The molecule has 17 heavy (non-hydrogen) atoms. The van der Waals surface area contributed by atoms with Gasteiger partial charge in [0.05, 0.1) is 11.6 Å². The molecule has 0 aliphatic heterocycles. The molecule has 2 aromatic rings. The Morgan fingerprint density at radius 3 is 2.82 bits per heavy atom. The molecule has 0 saturated heterocycles. The van der Waals surface area contributed by atoms with Gasteiger partial charge in [0.15, 0.2) is 5.82 Å². The molecule has 0 atom stereocenters. The van der Waals surface area contributed by atoms with Crippen LogP contribution in [0.1, 0.15) is 12.7 Å². The van der Waals surface area contributed by atoms with Crippen LogP contribution < -0.4 is 5.73 Å². The average Bonchev–Trinajstić information content (AvgIpc) is 2.75. The zero-order valence-electron chi connectivity index (χ0n) is 9.32. The van der Waals surface area contributed by atoms with E-state index in [0.29, 0.717) is 23.8 Å². The van der Waals surface area contributed by atoms with Gasteiger partial charge in [-0.05, 0) is 19.1 Å². The summed E-state index contributed by atoms with van der Waals surface area (Å²) < 4.78 is 15.2. The SMILES string of the molecule is CCn1c(CN)nnc1-c1cccc(F)c1Cl. The van der Waals surface area contributed by atoms with Crippen molar-refractivity contribution in [3.8, 4) is 11.4 Å². The van der Waals surface area contributed by atoms with Gasteiger partial charge in [-0.3, -0.25) is 0 Å². The summed E-state index contributed by atoms with van der Waals surface area (Å²) in [7, 11) is 0. The monoisotopic (exact) mass is 254 g/mol. The molecule has 1 heterocycles. The van der Waals surface area contributed by atoms with Gasteiger partial charge in [-0.15, -0.1) is 10.2 Å². The van der Waals surface area contributed by atoms with Crippen LogP contribution >= 0.6 is 11.6 Å². The van der Waals surface area contributed by atoms with Crippen molar-refractivity contribution < 1.29 is 4.39 Å². The second-order valence-electron chi connectivity index (χ2n) is 3.49. The first kappa shape index (κ1) is 12.0. The number of rotatable bonds is 3. The molecule has 0 bridgehead atoms. The normalized spacial score (nSPS) is 10.8. The third-order valence-electron chi connectivity index (χ3n) is 2.52. The minimum Gasteiger partial charge on any atom is -0.324 e. The molecule has 1 aromatic carbocycles. The van der Waals surface area contributed by atoms with Crippen LogP contribution in [0.5, 0.6) is 0 Å². The molecule has 0 fully saturated rings. The number of benzene rings is 1. The second kappa shape index (κ2) is 4.81. The molecule has 0 aliphatic carbocycles. The van der Waals surface area contributed by atoms with E-state index in [0.717, 1.165) is 0 Å². The lowest BCUT2D eigenvalue weighted by molar-refractivity contribution is 0.628. The van der Waals surface area contributed by atoms with Crippen LogP contribution in [0.25, 0.3) is 11.4 Å². The number of aromatic nitrogens is 3. The van der Waals surface area contributed by atoms with E-state index in [1.165, 1.54) is 6.07 Å². The molecule has 4 nitrogen and oxygen atoms in total. The van der Waals surface area contributed by atoms with E-state index >= 15 is 0 Å². The summed E-state index contributed by atoms with van der Waals surface area (Å²) in [5.74, 6) is 0.726. The largest absolute Gasteiger partial charge is 0.324 e. The van der Waals surface area contributed by atoms with Gasteiger partial charge in [0.25, 0.3) is 0 Å². The first-order valence-corrected chi connectivity index (χ1v) is 5.63. The third-order valence-corrected chi connectivity index (χ3v) is 2.90. The predicted octanol–water partition coefficient (Wildman–Crippen LogP) is 2.22. The van der Waals surface area contributed by atoms with Crippen LogP contribution in [0.15, 0.2) is 18.2 Å². The molecule has 2 N–H and O–H groups in total. The van der Waals surface area contributed by atoms with E-state index in [1.54, 1.807) is 12.1 Å². The topological polar surface area (TPSA) is 56.7 Å². The minimum atomic E-state index is -0.468. The Morgan fingerprint density at radius 2 is 2.18 bits per heavy atom. The highest BCUT2D eigenvalue weighted by molar-refractivity contribution is 6.33. The Balaban J connectivity index is 2.60. The van der Waals surface area contributed by atoms with Gasteiger partial charge in [-0.1, -0.05) is 17.7 Å². The lowest BCUT2D eigenvalue weighted by atomic mass is 10.2. The van der Waals surface area contributed by atoms with E-state index < -0.39 is 5.82 Å². The Kier molecular flexibility index (Phi) is 3.40. The van der Waals surface area contributed by atoms with Crippen molar-refractivity contribution in [1.29, 1.82) is 0 Å². The summed E-state index contributed by atoms with van der Waals surface area (Å²) in [6, 6.07) is 4.61. The molecule has 90 valence electrons. The van der Waals surface area contributed by atoms with Gasteiger partial charge < -0.3 is 10.3 Å². The average molecular weight is 255 g/mol. The maximum atomic E-state index is 13.4. The first-order chi connectivity index (χ1) is 8.19. The van der Waals surface area contributed by atoms with Gasteiger partial charge in [0.1, 0.15) is 11.6 Å². The van der Waals surface area contributed by atoms with Crippen molar-refractivity contribution in [2.75, 3.05) is 0 Å². The molecule has 1 aromatic heterocycles. The summed E-state index contributed by atoms with van der Waals surface area (Å²) in [4.78, 5) is 0. The van der Waals surface area contributed by atoms with Crippen LogP contribution in [0, 0.1) is 5.82 Å². The van der Waals surface area contributed by atoms with Gasteiger partial charge in [0, 0.05) is 12.1 Å². The minimum absolute atomic E-state index is 0.0539. The summed E-state index contributed by atoms with van der Waals surface area (Å²) in [6.45, 7) is 2.88. The molecule has 0 unspecified atom stereocenters. The van der Waals surface area contributed by atoms with Gasteiger partial charge in [0.2, 0.25) is 0 Å². The van der Waals surface area contributed by atoms with Crippen LogP contribution in [-0.2, 0) is 13.1 Å². The zero-order chi connectivity index (χ0) is 12.4. The molecule has 0 saturated carbocycles. The standard InChI is InChI=1S/C11H12ClFN4/c1-2-17-9(6-14)15-16-11(17)7-4-3-5-8(13)10(7)12/h3-5H,2,6,14H2,1H3. The number of halogens is 2. The highest BCUT2D eigenvalue weighted by Crippen LogP contribution is 2.28. The first-order valence-electron chi connectivity index (χ1n) is 5.25. The Hall–Kier alpha value is -1.46. The van der Waals surface area contributed by atoms with Crippen molar-refractivity contribution in [1.82, 2.24) is 14.8 Å². The maximum Gasteiger partial charge on any atom is 0.165 e. The lowest BCUT2D eigenvalue weighted by Gasteiger charge is -2.07. The fourth-order valence-corrected chi connectivity index (χ4v) is 1.90. The maximum absolute atomic E-state index is 13.4. The van der Waals surface area contributed by atoms with Crippen LogP contribution in [0.2, 0.25) is 5.02 Å². The summed E-state index contributed by atoms with van der Waals surface area (Å²) in [5.41, 5.74) is 6.08. The number of nitrogens with zero attached hydrogens (tertiary/aromatic N) is 3. The molecule has 2 rings (SSSR count). The molecule has 0 spiro atoms. The summed E-state index contributed by atoms with van der Waals surface area (Å²) >= 11 is 5.92. The Labute approximate surface area is 103 Å².